The van der Waals surface area contributed by atoms with Crippen LogP contribution in [0.4, 0.5) is 0 Å². The third-order valence-corrected chi connectivity index (χ3v) is 4.87. The molecular formula is C22H36N6O10. The Morgan fingerprint density at radius 1 is 0.711 bits per heavy atom. The summed E-state index contributed by atoms with van der Waals surface area (Å²) in [5.41, 5.74) is 5.14. The summed E-state index contributed by atoms with van der Waals surface area (Å²) in [7, 11) is 0. The minimum atomic E-state index is -1.50. The Kier molecular flexibility index (Phi) is 15.3. The second kappa shape index (κ2) is 17.3. The number of carbonyl (C=O) groups excluding carboxylic acids is 6. The zero-order chi connectivity index (χ0) is 29.4. The molecule has 0 aromatic rings. The summed E-state index contributed by atoms with van der Waals surface area (Å²) >= 11 is 0. The van der Waals surface area contributed by atoms with Gasteiger partial charge in [-0.05, 0) is 25.2 Å². The Bertz CT molecular complexity index is 907. The van der Waals surface area contributed by atoms with Crippen molar-refractivity contribution in [1.29, 1.82) is 0 Å². The van der Waals surface area contributed by atoms with E-state index >= 15 is 0 Å². The van der Waals surface area contributed by atoms with Gasteiger partial charge in [0, 0.05) is 19.8 Å². The summed E-state index contributed by atoms with van der Waals surface area (Å²) in [6, 6.07) is -3.93. The van der Waals surface area contributed by atoms with Gasteiger partial charge in [0.1, 0.15) is 18.1 Å². The van der Waals surface area contributed by atoms with Crippen LogP contribution in [0.1, 0.15) is 52.9 Å². The van der Waals surface area contributed by atoms with Gasteiger partial charge in [-0.15, -0.1) is 0 Å². The fourth-order valence-corrected chi connectivity index (χ4v) is 3.04. The van der Waals surface area contributed by atoms with E-state index in [1.54, 1.807) is 13.8 Å². The smallest absolute Gasteiger partial charge is 0.326 e. The Hall–Kier alpha value is -4.24. The Morgan fingerprint density at radius 2 is 1.24 bits per heavy atom. The molecule has 0 heterocycles. The van der Waals surface area contributed by atoms with E-state index in [2.05, 4.69) is 26.6 Å². The van der Waals surface area contributed by atoms with E-state index in [9.17, 15) is 38.4 Å². The summed E-state index contributed by atoms with van der Waals surface area (Å²) in [5, 5.41) is 29.3. The van der Waals surface area contributed by atoms with E-state index in [-0.39, 0.29) is 38.1 Å². The monoisotopic (exact) mass is 544 g/mol. The summed E-state index contributed by atoms with van der Waals surface area (Å²) in [6.45, 7) is 3.71. The fourth-order valence-electron chi connectivity index (χ4n) is 3.04. The summed E-state index contributed by atoms with van der Waals surface area (Å²) in [4.78, 5) is 93.9. The number of rotatable bonds is 18. The minimum absolute atomic E-state index is 0.0586. The molecule has 0 fully saturated rings. The standard InChI is InChI=1S/C22H36N6O10/c1-11(2)8-15(27-17(31)9-24-12(3)29)21(36)28-13(4-6-16(23)30)20(35)25-10-18(32)26-14(22(37)38)5-7-19(33)34/h11,13-15H,4-10H2,1-3H3,(H2,23,30)(H,24,29)(H,25,35)(H,26,32)(H,27,31)(H,28,36)(H,33,34)(H,37,38)/t13-,14-,15-/m0/s1. The maximum atomic E-state index is 12.9. The molecule has 0 rings (SSSR count). The first kappa shape index (κ1) is 33.8. The van der Waals surface area contributed by atoms with E-state index in [0.717, 1.165) is 0 Å². The van der Waals surface area contributed by atoms with Gasteiger partial charge in [-0.1, -0.05) is 13.8 Å². The lowest BCUT2D eigenvalue weighted by atomic mass is 10.0. The van der Waals surface area contributed by atoms with Crippen LogP contribution in [0.3, 0.4) is 0 Å². The van der Waals surface area contributed by atoms with Crippen molar-refractivity contribution in [3.63, 3.8) is 0 Å². The third-order valence-electron chi connectivity index (χ3n) is 4.87. The quantitative estimate of drug-likeness (QED) is 0.0864. The average molecular weight is 545 g/mol. The van der Waals surface area contributed by atoms with E-state index in [0.29, 0.717) is 0 Å². The maximum absolute atomic E-state index is 12.9. The van der Waals surface area contributed by atoms with Gasteiger partial charge in [0.15, 0.2) is 0 Å². The molecule has 214 valence electrons. The van der Waals surface area contributed by atoms with Gasteiger partial charge in [-0.3, -0.25) is 33.6 Å². The van der Waals surface area contributed by atoms with Crippen LogP contribution in [-0.4, -0.2) is 88.8 Å². The average Bonchev–Trinajstić information content (AvgIpc) is 2.80. The molecule has 9 N–H and O–H groups in total. The van der Waals surface area contributed by atoms with Crippen molar-refractivity contribution in [2.45, 2.75) is 71.0 Å². The molecule has 0 radical (unpaired) electrons. The van der Waals surface area contributed by atoms with Gasteiger partial charge < -0.3 is 42.5 Å². The highest BCUT2D eigenvalue weighted by Crippen LogP contribution is 2.07. The van der Waals surface area contributed by atoms with Crippen molar-refractivity contribution < 1.29 is 48.6 Å². The zero-order valence-electron chi connectivity index (χ0n) is 21.5. The molecule has 6 amide bonds. The van der Waals surface area contributed by atoms with Gasteiger partial charge in [0.2, 0.25) is 35.4 Å². The highest BCUT2D eigenvalue weighted by molar-refractivity contribution is 5.94. The molecule has 0 unspecified atom stereocenters. The second-order valence-corrected chi connectivity index (χ2v) is 8.83. The number of hydrogen-bond acceptors (Lipinski definition) is 8. The molecule has 0 bridgehead atoms. The number of primary amides is 1. The van der Waals surface area contributed by atoms with Crippen LogP contribution in [0.5, 0.6) is 0 Å². The van der Waals surface area contributed by atoms with Crippen molar-refractivity contribution in [3.8, 4) is 0 Å². The van der Waals surface area contributed by atoms with Crippen molar-refractivity contribution in [2.24, 2.45) is 11.7 Å². The third kappa shape index (κ3) is 15.7. The number of hydrogen-bond donors (Lipinski definition) is 8. The van der Waals surface area contributed by atoms with Crippen molar-refractivity contribution >= 4 is 47.4 Å². The van der Waals surface area contributed by atoms with Crippen LogP contribution < -0.4 is 32.3 Å². The summed E-state index contributed by atoms with van der Waals surface area (Å²) in [6.07, 6.45) is -1.25. The van der Waals surface area contributed by atoms with Crippen LogP contribution in [0.15, 0.2) is 0 Å². The molecule has 3 atom stereocenters. The molecule has 0 saturated carbocycles. The minimum Gasteiger partial charge on any atom is -0.481 e. The second-order valence-electron chi connectivity index (χ2n) is 8.83. The van der Waals surface area contributed by atoms with E-state index in [1.165, 1.54) is 6.92 Å². The number of carboxylic acids is 2. The molecule has 0 aromatic heterocycles. The molecule has 16 heteroatoms. The molecule has 0 aliphatic rings. The highest BCUT2D eigenvalue weighted by Gasteiger charge is 2.28. The SMILES string of the molecule is CC(=O)NCC(=O)N[C@@H](CC(C)C)C(=O)N[C@@H](CCC(N)=O)C(=O)NCC(=O)N[C@@H](CCC(=O)O)C(=O)O. The van der Waals surface area contributed by atoms with E-state index in [4.69, 9.17) is 15.9 Å². The first-order valence-corrected chi connectivity index (χ1v) is 11.8. The number of amides is 6. The predicted octanol–water partition coefficient (Wildman–Crippen LogP) is -3.05. The Labute approximate surface area is 218 Å². The molecule has 0 spiro atoms. The Morgan fingerprint density at radius 3 is 1.71 bits per heavy atom. The lowest BCUT2D eigenvalue weighted by Crippen LogP contribution is -2.56. The number of carbonyl (C=O) groups is 8. The Balaban J connectivity index is 5.32. The van der Waals surface area contributed by atoms with Gasteiger partial charge in [-0.2, -0.15) is 0 Å². The highest BCUT2D eigenvalue weighted by atomic mass is 16.4. The lowest BCUT2D eigenvalue weighted by molar-refractivity contribution is -0.143. The van der Waals surface area contributed by atoms with E-state index < -0.39 is 78.5 Å². The number of carboxylic acid groups (broad SMARTS) is 2. The van der Waals surface area contributed by atoms with Gasteiger partial charge >= 0.3 is 11.9 Å². The molecule has 0 aromatic carbocycles. The van der Waals surface area contributed by atoms with Gasteiger partial charge in [-0.25, -0.2) is 4.79 Å². The van der Waals surface area contributed by atoms with Crippen LogP contribution in [0.25, 0.3) is 0 Å². The maximum Gasteiger partial charge on any atom is 0.326 e. The fraction of sp³-hybridized carbons (Fsp3) is 0.636. The molecular weight excluding hydrogens is 508 g/mol. The first-order valence-electron chi connectivity index (χ1n) is 11.8. The normalized spacial score (nSPS) is 12.8. The largest absolute Gasteiger partial charge is 0.481 e. The topological polar surface area (TPSA) is 263 Å². The molecule has 38 heavy (non-hydrogen) atoms. The van der Waals surface area contributed by atoms with Gasteiger partial charge in [0.05, 0.1) is 13.1 Å². The van der Waals surface area contributed by atoms with Crippen molar-refractivity contribution in [2.75, 3.05) is 13.1 Å². The van der Waals surface area contributed by atoms with Crippen molar-refractivity contribution in [1.82, 2.24) is 26.6 Å². The van der Waals surface area contributed by atoms with Gasteiger partial charge in [0.25, 0.3) is 0 Å². The first-order chi connectivity index (χ1) is 17.6. The van der Waals surface area contributed by atoms with Crippen LogP contribution >= 0.6 is 0 Å². The number of nitrogens with two attached hydrogens (primary N) is 1. The molecule has 16 nitrogen and oxygen atoms in total. The van der Waals surface area contributed by atoms with Crippen LogP contribution in [0, 0.1) is 5.92 Å². The van der Waals surface area contributed by atoms with Crippen molar-refractivity contribution in [3.05, 3.63) is 0 Å². The lowest BCUT2D eigenvalue weighted by Gasteiger charge is -2.24. The molecule has 0 aliphatic carbocycles. The van der Waals surface area contributed by atoms with Crippen LogP contribution in [-0.2, 0) is 38.4 Å². The molecule has 0 aliphatic heterocycles. The zero-order valence-corrected chi connectivity index (χ0v) is 21.5. The van der Waals surface area contributed by atoms with Crippen LogP contribution in [0.2, 0.25) is 0 Å². The summed E-state index contributed by atoms with van der Waals surface area (Å²) < 4.78 is 0. The predicted molar refractivity (Wildman–Crippen MR) is 130 cm³/mol. The van der Waals surface area contributed by atoms with E-state index in [1.807, 2.05) is 0 Å². The number of aliphatic carboxylic acids is 2. The molecule has 0 saturated heterocycles. The number of nitrogens with one attached hydrogen (secondary N) is 5. The summed E-state index contributed by atoms with van der Waals surface area (Å²) in [5.74, 6) is -7.22.